The smallest absolute Gasteiger partial charge is 0.340 e. The lowest BCUT2D eigenvalue weighted by Crippen LogP contribution is -2.33. The molecule has 17 heavy (non-hydrogen) atoms. The van der Waals surface area contributed by atoms with Crippen LogP contribution < -0.4 is 4.74 Å². The van der Waals surface area contributed by atoms with E-state index in [9.17, 15) is 26.7 Å². The molecule has 0 aliphatic rings. The molecule has 0 unspecified atom stereocenters. The summed E-state index contributed by atoms with van der Waals surface area (Å²) in [5.74, 6) is -6.04. The van der Waals surface area contributed by atoms with Crippen molar-refractivity contribution in [1.82, 2.24) is 0 Å². The van der Waals surface area contributed by atoms with E-state index < -0.39 is 30.5 Å². The molecule has 0 aliphatic heterocycles. The van der Waals surface area contributed by atoms with Crippen LogP contribution in [0.2, 0.25) is 0 Å². The summed E-state index contributed by atoms with van der Waals surface area (Å²) in [5.41, 5.74) is -0.0181. The number of halogens is 5. The second-order valence-corrected chi connectivity index (χ2v) is 3.16. The minimum Gasteiger partial charge on any atom is -0.484 e. The molecular formula is C10H7F5O2. The highest BCUT2D eigenvalue weighted by molar-refractivity contribution is 5.74. The molecule has 0 saturated carbocycles. The van der Waals surface area contributed by atoms with Crippen LogP contribution in [0.5, 0.6) is 5.75 Å². The standard InChI is InChI=1S/C10H7F5O2/c11-7-3-6(4-16)1-2-8(7)17-5-10(14,15)9(12)13/h1-4,9H,5H2. The van der Waals surface area contributed by atoms with Crippen LogP contribution >= 0.6 is 0 Å². The van der Waals surface area contributed by atoms with Gasteiger partial charge < -0.3 is 4.74 Å². The van der Waals surface area contributed by atoms with Crippen molar-refractivity contribution in [3.63, 3.8) is 0 Å². The largest absolute Gasteiger partial charge is 0.484 e. The van der Waals surface area contributed by atoms with Crippen LogP contribution in [0.3, 0.4) is 0 Å². The predicted molar refractivity (Wildman–Crippen MR) is 48.2 cm³/mol. The number of benzene rings is 1. The first-order valence-corrected chi connectivity index (χ1v) is 4.40. The van der Waals surface area contributed by atoms with E-state index in [0.717, 1.165) is 18.2 Å². The lowest BCUT2D eigenvalue weighted by Gasteiger charge is -2.16. The van der Waals surface area contributed by atoms with Gasteiger partial charge in [-0.1, -0.05) is 0 Å². The number of ether oxygens (including phenoxy) is 1. The summed E-state index contributed by atoms with van der Waals surface area (Å²) in [6, 6.07) is 2.79. The first-order chi connectivity index (χ1) is 7.86. The number of aldehydes is 1. The molecule has 0 N–H and O–H groups in total. The zero-order chi connectivity index (χ0) is 13.1. The third-order valence-corrected chi connectivity index (χ3v) is 1.83. The van der Waals surface area contributed by atoms with Crippen molar-refractivity contribution < 1.29 is 31.5 Å². The Morgan fingerprint density at radius 3 is 2.47 bits per heavy atom. The van der Waals surface area contributed by atoms with E-state index in [1.807, 2.05) is 0 Å². The number of hydrogen-bond donors (Lipinski definition) is 0. The molecule has 0 fully saturated rings. The molecule has 2 nitrogen and oxygen atoms in total. The van der Waals surface area contributed by atoms with E-state index in [-0.39, 0.29) is 5.56 Å². The second-order valence-electron chi connectivity index (χ2n) is 3.16. The average molecular weight is 254 g/mol. The number of rotatable bonds is 5. The lowest BCUT2D eigenvalue weighted by atomic mass is 10.2. The van der Waals surface area contributed by atoms with Gasteiger partial charge in [0.05, 0.1) is 0 Å². The van der Waals surface area contributed by atoms with E-state index in [1.165, 1.54) is 0 Å². The van der Waals surface area contributed by atoms with Gasteiger partial charge in [-0.15, -0.1) is 0 Å². The average Bonchev–Trinajstić information content (AvgIpc) is 2.27. The fourth-order valence-electron chi connectivity index (χ4n) is 0.944. The summed E-state index contributed by atoms with van der Waals surface area (Å²) in [6.45, 7) is -1.64. The van der Waals surface area contributed by atoms with Crippen LogP contribution in [-0.2, 0) is 0 Å². The van der Waals surface area contributed by atoms with Gasteiger partial charge in [-0.2, -0.15) is 8.78 Å². The number of hydrogen-bond acceptors (Lipinski definition) is 2. The van der Waals surface area contributed by atoms with Gasteiger partial charge in [0, 0.05) is 5.56 Å². The molecule has 0 saturated heterocycles. The number of alkyl halides is 4. The zero-order valence-corrected chi connectivity index (χ0v) is 8.30. The van der Waals surface area contributed by atoms with Gasteiger partial charge in [0.1, 0.15) is 6.29 Å². The Hall–Kier alpha value is -1.66. The zero-order valence-electron chi connectivity index (χ0n) is 8.30. The molecule has 0 bridgehead atoms. The lowest BCUT2D eigenvalue weighted by molar-refractivity contribution is -0.148. The van der Waals surface area contributed by atoms with Gasteiger partial charge in [0.25, 0.3) is 0 Å². The van der Waals surface area contributed by atoms with Crippen molar-refractivity contribution in [2.24, 2.45) is 0 Å². The molecule has 1 aromatic carbocycles. The van der Waals surface area contributed by atoms with Crippen molar-refractivity contribution in [2.45, 2.75) is 12.3 Å². The Bertz CT molecular complexity index is 406. The van der Waals surface area contributed by atoms with E-state index in [0.29, 0.717) is 6.29 Å². The SMILES string of the molecule is O=Cc1ccc(OCC(F)(F)C(F)F)c(F)c1. The van der Waals surface area contributed by atoms with E-state index in [1.54, 1.807) is 0 Å². The molecule has 0 aromatic heterocycles. The Kier molecular flexibility index (Phi) is 4.03. The fraction of sp³-hybridized carbons (Fsp3) is 0.300. The molecule has 0 amide bonds. The molecular weight excluding hydrogens is 247 g/mol. The molecule has 94 valence electrons. The third kappa shape index (κ3) is 3.40. The second kappa shape index (κ2) is 5.11. The fourth-order valence-corrected chi connectivity index (χ4v) is 0.944. The van der Waals surface area contributed by atoms with Crippen LogP contribution in [0, 0.1) is 5.82 Å². The van der Waals surface area contributed by atoms with Crippen LogP contribution in [0.1, 0.15) is 10.4 Å². The molecule has 0 radical (unpaired) electrons. The summed E-state index contributed by atoms with van der Waals surface area (Å²) in [5, 5.41) is 0. The van der Waals surface area contributed by atoms with Crippen molar-refractivity contribution in [1.29, 1.82) is 0 Å². The quantitative estimate of drug-likeness (QED) is 0.596. The number of carbonyl (C=O) groups excluding carboxylic acids is 1. The molecule has 1 rings (SSSR count). The van der Waals surface area contributed by atoms with E-state index in [2.05, 4.69) is 4.74 Å². The van der Waals surface area contributed by atoms with Gasteiger partial charge in [-0.25, -0.2) is 13.2 Å². The van der Waals surface area contributed by atoms with Crippen molar-refractivity contribution >= 4 is 6.29 Å². The molecule has 0 heterocycles. The summed E-state index contributed by atoms with van der Waals surface area (Å²) in [6.07, 6.45) is -3.54. The highest BCUT2D eigenvalue weighted by Gasteiger charge is 2.41. The molecule has 0 aliphatic carbocycles. The Morgan fingerprint density at radius 2 is 2.00 bits per heavy atom. The van der Waals surface area contributed by atoms with Crippen LogP contribution in [0.25, 0.3) is 0 Å². The topological polar surface area (TPSA) is 26.3 Å². The molecule has 0 atom stereocenters. The van der Waals surface area contributed by atoms with Crippen molar-refractivity contribution in [2.75, 3.05) is 6.61 Å². The van der Waals surface area contributed by atoms with Gasteiger partial charge in [0.15, 0.2) is 18.2 Å². The normalized spacial score (nSPS) is 11.6. The van der Waals surface area contributed by atoms with E-state index in [4.69, 9.17) is 0 Å². The maximum atomic E-state index is 13.1. The van der Waals surface area contributed by atoms with E-state index >= 15 is 0 Å². The van der Waals surface area contributed by atoms with Gasteiger partial charge in [-0.05, 0) is 18.2 Å². The van der Waals surface area contributed by atoms with Crippen LogP contribution in [-0.4, -0.2) is 25.2 Å². The maximum Gasteiger partial charge on any atom is 0.340 e. The monoisotopic (exact) mass is 254 g/mol. The van der Waals surface area contributed by atoms with Crippen LogP contribution in [0.15, 0.2) is 18.2 Å². The highest BCUT2D eigenvalue weighted by atomic mass is 19.3. The van der Waals surface area contributed by atoms with Gasteiger partial charge >= 0.3 is 12.3 Å². The highest BCUT2D eigenvalue weighted by Crippen LogP contribution is 2.25. The van der Waals surface area contributed by atoms with Crippen LogP contribution in [0.4, 0.5) is 22.0 Å². The molecule has 7 heteroatoms. The minimum absolute atomic E-state index is 0.0181. The van der Waals surface area contributed by atoms with Crippen molar-refractivity contribution in [3.8, 4) is 5.75 Å². The maximum absolute atomic E-state index is 13.1. The summed E-state index contributed by atoms with van der Waals surface area (Å²) < 4.78 is 65.8. The summed E-state index contributed by atoms with van der Waals surface area (Å²) in [7, 11) is 0. The molecule has 0 spiro atoms. The minimum atomic E-state index is -4.35. The first kappa shape index (κ1) is 13.4. The third-order valence-electron chi connectivity index (χ3n) is 1.83. The number of carbonyl (C=O) groups is 1. The summed E-state index contributed by atoms with van der Waals surface area (Å²) in [4.78, 5) is 10.2. The van der Waals surface area contributed by atoms with Gasteiger partial charge in [0.2, 0.25) is 0 Å². The van der Waals surface area contributed by atoms with Crippen molar-refractivity contribution in [3.05, 3.63) is 29.6 Å². The van der Waals surface area contributed by atoms with Gasteiger partial charge in [-0.3, -0.25) is 4.79 Å². The predicted octanol–water partition coefficient (Wildman–Crippen LogP) is 2.92. The summed E-state index contributed by atoms with van der Waals surface area (Å²) >= 11 is 0. The first-order valence-electron chi connectivity index (χ1n) is 4.40. The Labute approximate surface area is 93.0 Å². The molecule has 1 aromatic rings. The Balaban J connectivity index is 2.73. The Morgan fingerprint density at radius 1 is 1.35 bits per heavy atom.